The summed E-state index contributed by atoms with van der Waals surface area (Å²) < 4.78 is 38.1. The zero-order valence-electron chi connectivity index (χ0n) is 13.8. The van der Waals surface area contributed by atoms with Crippen LogP contribution in [0.2, 0.25) is 0 Å². The van der Waals surface area contributed by atoms with Gasteiger partial charge in [0, 0.05) is 18.7 Å². The highest BCUT2D eigenvalue weighted by molar-refractivity contribution is 7.91. The van der Waals surface area contributed by atoms with E-state index in [0.717, 1.165) is 5.56 Å². The molecule has 6 heteroatoms. The van der Waals surface area contributed by atoms with Crippen molar-refractivity contribution >= 4 is 15.7 Å². The fourth-order valence-electron chi connectivity index (χ4n) is 3.12. The quantitative estimate of drug-likeness (QED) is 0.841. The van der Waals surface area contributed by atoms with Gasteiger partial charge in [0.2, 0.25) is 0 Å². The lowest BCUT2D eigenvalue weighted by Gasteiger charge is -2.31. The molecule has 2 aromatic carbocycles. The number of halogens is 1. The van der Waals surface area contributed by atoms with Gasteiger partial charge in [-0.15, -0.1) is 0 Å². The zero-order chi connectivity index (χ0) is 17.9. The number of sulfone groups is 1. The summed E-state index contributed by atoms with van der Waals surface area (Å²) in [5, 5.41) is -0.426. The Morgan fingerprint density at radius 2 is 1.60 bits per heavy atom. The summed E-state index contributed by atoms with van der Waals surface area (Å²) in [6.45, 7) is 0.795. The third kappa shape index (κ3) is 4.25. The van der Waals surface area contributed by atoms with E-state index in [2.05, 4.69) is 0 Å². The van der Waals surface area contributed by atoms with Crippen LogP contribution in [0.25, 0.3) is 0 Å². The van der Waals surface area contributed by atoms with Gasteiger partial charge in [-0.1, -0.05) is 30.3 Å². The molecule has 0 spiro atoms. The molecule has 0 atom stereocenters. The molecule has 1 fully saturated rings. The lowest BCUT2D eigenvalue weighted by Crippen LogP contribution is -2.42. The largest absolute Gasteiger partial charge is 0.339 e. The van der Waals surface area contributed by atoms with Crippen LogP contribution in [0.15, 0.2) is 54.6 Å². The minimum absolute atomic E-state index is 0.0322. The molecule has 1 amide bonds. The molecule has 132 valence electrons. The molecule has 3 rings (SSSR count). The van der Waals surface area contributed by atoms with E-state index in [1.165, 1.54) is 24.3 Å². The molecule has 0 aliphatic carbocycles. The van der Waals surface area contributed by atoms with Gasteiger partial charge in [-0.2, -0.15) is 0 Å². The van der Waals surface area contributed by atoms with Gasteiger partial charge in [-0.3, -0.25) is 4.79 Å². The van der Waals surface area contributed by atoms with Crippen molar-refractivity contribution in [2.75, 3.05) is 13.1 Å². The summed E-state index contributed by atoms with van der Waals surface area (Å²) in [5.41, 5.74) is 1.21. The summed E-state index contributed by atoms with van der Waals surface area (Å²) in [4.78, 5) is 14.1. The van der Waals surface area contributed by atoms with E-state index < -0.39 is 15.1 Å². The Labute approximate surface area is 147 Å². The topological polar surface area (TPSA) is 54.5 Å². The first kappa shape index (κ1) is 17.6. The number of hydrogen-bond donors (Lipinski definition) is 0. The fourth-order valence-corrected chi connectivity index (χ4v) is 4.94. The number of carbonyl (C=O) groups is 1. The Morgan fingerprint density at radius 3 is 2.20 bits per heavy atom. The maximum absolute atomic E-state index is 13.0. The minimum atomic E-state index is -3.24. The van der Waals surface area contributed by atoms with E-state index in [1.54, 1.807) is 4.90 Å². The lowest BCUT2D eigenvalue weighted by molar-refractivity contribution is 0.0725. The number of rotatable bonds is 4. The first-order valence-electron chi connectivity index (χ1n) is 8.26. The van der Waals surface area contributed by atoms with Crippen molar-refractivity contribution in [3.8, 4) is 0 Å². The molecule has 1 aliphatic rings. The van der Waals surface area contributed by atoms with Crippen molar-refractivity contribution < 1.29 is 17.6 Å². The van der Waals surface area contributed by atoms with Crippen molar-refractivity contribution in [3.63, 3.8) is 0 Å². The fraction of sp³-hybridized carbons (Fsp3) is 0.316. The Kier molecular flexibility index (Phi) is 5.18. The number of piperidine rings is 1. The smallest absolute Gasteiger partial charge is 0.253 e. The predicted molar refractivity (Wildman–Crippen MR) is 94.4 cm³/mol. The summed E-state index contributed by atoms with van der Waals surface area (Å²) in [7, 11) is -3.24. The van der Waals surface area contributed by atoms with Gasteiger partial charge in [0.05, 0.1) is 11.0 Å². The third-order valence-electron chi connectivity index (χ3n) is 4.54. The standard InChI is InChI=1S/C19H20FNO3S/c20-17-8-6-16(7-9-17)19(22)21-12-10-18(11-13-21)25(23,24)14-15-4-2-1-3-5-15/h1-9,18H,10-14H2. The molecule has 1 saturated heterocycles. The van der Waals surface area contributed by atoms with Crippen LogP contribution < -0.4 is 0 Å². The number of amides is 1. The zero-order valence-corrected chi connectivity index (χ0v) is 14.6. The second-order valence-corrected chi connectivity index (χ2v) is 8.57. The van der Waals surface area contributed by atoms with Gasteiger partial charge in [0.15, 0.2) is 9.84 Å². The second kappa shape index (κ2) is 7.35. The van der Waals surface area contributed by atoms with E-state index in [0.29, 0.717) is 31.5 Å². The molecular weight excluding hydrogens is 341 g/mol. The monoisotopic (exact) mass is 361 g/mol. The maximum Gasteiger partial charge on any atom is 0.253 e. The van der Waals surface area contributed by atoms with Crippen LogP contribution in [0.4, 0.5) is 4.39 Å². The molecule has 1 heterocycles. The molecule has 0 unspecified atom stereocenters. The van der Waals surface area contributed by atoms with E-state index in [9.17, 15) is 17.6 Å². The van der Waals surface area contributed by atoms with Crippen molar-refractivity contribution in [1.29, 1.82) is 0 Å². The first-order chi connectivity index (χ1) is 12.0. The van der Waals surface area contributed by atoms with E-state index in [-0.39, 0.29) is 17.5 Å². The summed E-state index contributed by atoms with van der Waals surface area (Å²) in [6.07, 6.45) is 0.865. The van der Waals surface area contributed by atoms with Gasteiger partial charge >= 0.3 is 0 Å². The second-order valence-electron chi connectivity index (χ2n) is 6.29. The van der Waals surface area contributed by atoms with Gasteiger partial charge in [0.1, 0.15) is 5.82 Å². The summed E-state index contributed by atoms with van der Waals surface area (Å²) in [5.74, 6) is -0.536. The highest BCUT2D eigenvalue weighted by atomic mass is 32.2. The molecule has 0 bridgehead atoms. The summed E-state index contributed by atoms with van der Waals surface area (Å²) in [6, 6.07) is 14.6. The van der Waals surface area contributed by atoms with Gasteiger partial charge in [-0.05, 0) is 42.7 Å². The first-order valence-corrected chi connectivity index (χ1v) is 9.97. The predicted octanol–water partition coefficient (Wildman–Crippen LogP) is 3.05. The molecule has 25 heavy (non-hydrogen) atoms. The van der Waals surface area contributed by atoms with Gasteiger partial charge < -0.3 is 4.90 Å². The third-order valence-corrected chi connectivity index (χ3v) is 6.76. The highest BCUT2D eigenvalue weighted by Crippen LogP contribution is 2.22. The van der Waals surface area contributed by atoms with Crippen molar-refractivity contribution in [2.24, 2.45) is 0 Å². The Hall–Kier alpha value is -2.21. The molecule has 0 N–H and O–H groups in total. The van der Waals surface area contributed by atoms with E-state index >= 15 is 0 Å². The minimum Gasteiger partial charge on any atom is -0.339 e. The lowest BCUT2D eigenvalue weighted by atomic mass is 10.1. The number of likely N-dealkylation sites (tertiary alicyclic amines) is 1. The van der Waals surface area contributed by atoms with Crippen LogP contribution in [0.1, 0.15) is 28.8 Å². The highest BCUT2D eigenvalue weighted by Gasteiger charge is 2.31. The normalized spacial score (nSPS) is 16.0. The Morgan fingerprint density at radius 1 is 1.00 bits per heavy atom. The van der Waals surface area contributed by atoms with E-state index in [4.69, 9.17) is 0 Å². The van der Waals surface area contributed by atoms with E-state index in [1.807, 2.05) is 30.3 Å². The van der Waals surface area contributed by atoms with Crippen LogP contribution in [0.3, 0.4) is 0 Å². The van der Waals surface area contributed by atoms with Crippen molar-refractivity contribution in [3.05, 3.63) is 71.5 Å². The average molecular weight is 361 g/mol. The van der Waals surface area contributed by atoms with Gasteiger partial charge in [0.25, 0.3) is 5.91 Å². The number of carbonyl (C=O) groups excluding carboxylic acids is 1. The molecule has 2 aromatic rings. The summed E-state index contributed by atoms with van der Waals surface area (Å²) >= 11 is 0. The van der Waals surface area contributed by atoms with Crippen LogP contribution in [-0.4, -0.2) is 37.6 Å². The number of hydrogen-bond acceptors (Lipinski definition) is 3. The van der Waals surface area contributed by atoms with Crippen LogP contribution in [0, 0.1) is 5.82 Å². The number of nitrogens with zero attached hydrogens (tertiary/aromatic N) is 1. The molecule has 1 aliphatic heterocycles. The maximum atomic E-state index is 13.0. The molecule has 0 radical (unpaired) electrons. The molecule has 4 nitrogen and oxygen atoms in total. The number of benzene rings is 2. The van der Waals surface area contributed by atoms with Crippen molar-refractivity contribution in [2.45, 2.75) is 23.8 Å². The molecule has 0 saturated carbocycles. The van der Waals surface area contributed by atoms with Gasteiger partial charge in [-0.25, -0.2) is 12.8 Å². The Bertz CT molecular complexity index is 827. The average Bonchev–Trinajstić information content (AvgIpc) is 2.62. The Balaban J connectivity index is 1.61. The van der Waals surface area contributed by atoms with Crippen LogP contribution >= 0.6 is 0 Å². The SMILES string of the molecule is O=C(c1ccc(F)cc1)N1CCC(S(=O)(=O)Cc2ccccc2)CC1. The molecule has 0 aromatic heterocycles. The molecular formula is C19H20FNO3S. The van der Waals surface area contributed by atoms with Crippen LogP contribution in [0.5, 0.6) is 0 Å². The van der Waals surface area contributed by atoms with Crippen molar-refractivity contribution in [1.82, 2.24) is 4.90 Å². The van der Waals surface area contributed by atoms with Crippen LogP contribution in [-0.2, 0) is 15.6 Å².